The van der Waals surface area contributed by atoms with Crippen LogP contribution in [0.1, 0.15) is 71.6 Å². The van der Waals surface area contributed by atoms with Gasteiger partial charge >= 0.3 is 6.18 Å². The minimum absolute atomic E-state index is 0.0882. The van der Waals surface area contributed by atoms with E-state index in [2.05, 4.69) is 6.92 Å². The van der Waals surface area contributed by atoms with E-state index in [4.69, 9.17) is 4.74 Å². The second-order valence-electron chi connectivity index (χ2n) is 10.6. The van der Waals surface area contributed by atoms with E-state index in [1.165, 1.54) is 0 Å². The van der Waals surface area contributed by atoms with Crippen LogP contribution in [-0.2, 0) is 9.53 Å². The van der Waals surface area contributed by atoms with Gasteiger partial charge < -0.3 is 4.74 Å². The fourth-order valence-electron chi connectivity index (χ4n) is 8.56. The zero-order chi connectivity index (χ0) is 20.3. The number of Topliss-reactive ketones (excluding diaryl/α,β-unsaturated/α-hetero) is 1. The Morgan fingerprint density at radius 2 is 1.79 bits per heavy atom. The summed E-state index contributed by atoms with van der Waals surface area (Å²) in [6, 6.07) is 0. The van der Waals surface area contributed by atoms with Gasteiger partial charge in [0.2, 0.25) is 0 Å². The average Bonchev–Trinajstić information content (AvgIpc) is 2.98. The van der Waals surface area contributed by atoms with Crippen molar-refractivity contribution < 1.29 is 22.7 Å². The van der Waals surface area contributed by atoms with Crippen LogP contribution in [0.2, 0.25) is 0 Å². The highest BCUT2D eigenvalue weighted by Gasteiger charge is 2.63. The van der Waals surface area contributed by atoms with Gasteiger partial charge in [-0.15, -0.1) is 0 Å². The monoisotopic (exact) mass is 400 g/mol. The lowest BCUT2D eigenvalue weighted by molar-refractivity contribution is -0.217. The molecule has 0 aromatic rings. The molecule has 0 spiro atoms. The molecule has 0 aliphatic heterocycles. The highest BCUT2D eigenvalue weighted by atomic mass is 19.4. The van der Waals surface area contributed by atoms with Crippen LogP contribution in [0.4, 0.5) is 13.2 Å². The molecule has 5 heteroatoms. The molecule has 8 atom stereocenters. The normalized spacial score (nSPS) is 48.5. The third-order valence-corrected chi connectivity index (χ3v) is 9.73. The van der Waals surface area contributed by atoms with Gasteiger partial charge in [-0.05, 0) is 99.2 Å². The minimum atomic E-state index is -4.07. The van der Waals surface area contributed by atoms with Crippen molar-refractivity contribution in [1.82, 2.24) is 0 Å². The Bertz CT molecular complexity index is 617. The van der Waals surface area contributed by atoms with Crippen LogP contribution in [0.3, 0.4) is 0 Å². The summed E-state index contributed by atoms with van der Waals surface area (Å²) in [4.78, 5) is 12.3. The van der Waals surface area contributed by atoms with E-state index in [0.717, 1.165) is 38.5 Å². The number of fused-ring (bicyclic) bond motifs is 5. The summed E-state index contributed by atoms with van der Waals surface area (Å²) in [5.74, 6) is 1.06. The fraction of sp³-hybridized carbons (Fsp3) is 0.957. The van der Waals surface area contributed by atoms with E-state index in [0.29, 0.717) is 36.6 Å². The molecule has 0 radical (unpaired) electrons. The summed E-state index contributed by atoms with van der Waals surface area (Å²) in [6.45, 7) is 4.66. The maximum absolute atomic E-state index is 13.4. The molecule has 28 heavy (non-hydrogen) atoms. The van der Waals surface area contributed by atoms with Gasteiger partial charge in [-0.1, -0.05) is 6.92 Å². The Morgan fingerprint density at radius 3 is 2.43 bits per heavy atom. The van der Waals surface area contributed by atoms with E-state index in [1.54, 1.807) is 14.0 Å². The maximum atomic E-state index is 13.4. The molecule has 0 amide bonds. The zero-order valence-corrected chi connectivity index (χ0v) is 17.5. The van der Waals surface area contributed by atoms with Crippen molar-refractivity contribution in [3.05, 3.63) is 0 Å². The molecule has 4 fully saturated rings. The van der Waals surface area contributed by atoms with Gasteiger partial charge in [0.1, 0.15) is 5.78 Å². The summed E-state index contributed by atoms with van der Waals surface area (Å²) in [5, 5.41) is 0. The number of methoxy groups -OCH3 is 1. The van der Waals surface area contributed by atoms with Crippen molar-refractivity contribution in [2.24, 2.45) is 46.3 Å². The quantitative estimate of drug-likeness (QED) is 0.577. The lowest BCUT2D eigenvalue weighted by Crippen LogP contribution is -2.57. The van der Waals surface area contributed by atoms with Crippen LogP contribution < -0.4 is 0 Å². The van der Waals surface area contributed by atoms with E-state index in [9.17, 15) is 18.0 Å². The predicted molar refractivity (Wildman–Crippen MR) is 102 cm³/mol. The zero-order valence-electron chi connectivity index (χ0n) is 17.5. The molecule has 0 N–H and O–H groups in total. The SMILES string of the molecule is COCC12CCC(C(F)(F)F)CC1CCC1C3CCC(C(C)=O)C3(C)CCC12. The van der Waals surface area contributed by atoms with Crippen molar-refractivity contribution in [2.75, 3.05) is 13.7 Å². The highest BCUT2D eigenvalue weighted by Crippen LogP contribution is 2.68. The van der Waals surface area contributed by atoms with Crippen LogP contribution >= 0.6 is 0 Å². The Hall–Kier alpha value is -0.580. The molecular weight excluding hydrogens is 365 g/mol. The van der Waals surface area contributed by atoms with E-state index in [-0.39, 0.29) is 35.5 Å². The van der Waals surface area contributed by atoms with Gasteiger partial charge in [-0.3, -0.25) is 4.79 Å². The molecule has 4 aliphatic rings. The summed E-state index contributed by atoms with van der Waals surface area (Å²) < 4.78 is 45.9. The van der Waals surface area contributed by atoms with E-state index >= 15 is 0 Å². The number of halogens is 3. The van der Waals surface area contributed by atoms with E-state index in [1.807, 2.05) is 0 Å². The number of carbonyl (C=O) groups excluding carboxylic acids is 1. The number of hydrogen-bond donors (Lipinski definition) is 0. The second-order valence-corrected chi connectivity index (χ2v) is 10.6. The maximum Gasteiger partial charge on any atom is 0.391 e. The largest absolute Gasteiger partial charge is 0.391 e. The number of alkyl halides is 3. The van der Waals surface area contributed by atoms with Crippen molar-refractivity contribution in [2.45, 2.75) is 77.8 Å². The lowest BCUT2D eigenvalue weighted by atomic mass is 9.43. The molecule has 4 saturated carbocycles. The molecule has 4 rings (SSSR count). The Morgan fingerprint density at radius 1 is 1.04 bits per heavy atom. The highest BCUT2D eigenvalue weighted by molar-refractivity contribution is 5.79. The van der Waals surface area contributed by atoms with Gasteiger partial charge in [0.25, 0.3) is 0 Å². The molecule has 4 aliphatic carbocycles. The van der Waals surface area contributed by atoms with Crippen molar-refractivity contribution >= 4 is 5.78 Å². The smallest absolute Gasteiger partial charge is 0.384 e. The summed E-state index contributed by atoms with van der Waals surface area (Å²) in [6.07, 6.45) is 3.26. The number of ether oxygens (including phenoxy) is 1. The van der Waals surface area contributed by atoms with Crippen LogP contribution in [0, 0.1) is 46.3 Å². The molecule has 0 aromatic heterocycles. The van der Waals surface area contributed by atoms with Gasteiger partial charge in [-0.25, -0.2) is 0 Å². The number of rotatable bonds is 3. The minimum Gasteiger partial charge on any atom is -0.384 e. The first-order valence-corrected chi connectivity index (χ1v) is 11.2. The Balaban J connectivity index is 1.62. The molecule has 160 valence electrons. The number of ketones is 1. The summed E-state index contributed by atoms with van der Waals surface area (Å²) in [5.41, 5.74) is 0.00628. The topological polar surface area (TPSA) is 26.3 Å². The molecule has 0 saturated heterocycles. The van der Waals surface area contributed by atoms with Crippen LogP contribution in [0.15, 0.2) is 0 Å². The summed E-state index contributed by atoms with van der Waals surface area (Å²) in [7, 11) is 1.71. The van der Waals surface area contributed by atoms with Crippen molar-refractivity contribution in [3.8, 4) is 0 Å². The first kappa shape index (κ1) is 20.7. The van der Waals surface area contributed by atoms with Gasteiger partial charge in [0, 0.05) is 13.0 Å². The molecular formula is C23H35F3O2. The van der Waals surface area contributed by atoms with E-state index < -0.39 is 12.1 Å². The van der Waals surface area contributed by atoms with Gasteiger partial charge in [0.15, 0.2) is 0 Å². The van der Waals surface area contributed by atoms with Crippen molar-refractivity contribution in [1.29, 1.82) is 0 Å². The molecule has 0 bridgehead atoms. The molecule has 2 nitrogen and oxygen atoms in total. The molecule has 0 heterocycles. The number of hydrogen-bond acceptors (Lipinski definition) is 2. The van der Waals surface area contributed by atoms with Crippen LogP contribution in [0.25, 0.3) is 0 Å². The Kier molecular flexibility index (Phi) is 5.16. The van der Waals surface area contributed by atoms with Gasteiger partial charge in [0.05, 0.1) is 12.5 Å². The second kappa shape index (κ2) is 6.99. The van der Waals surface area contributed by atoms with Crippen molar-refractivity contribution in [3.63, 3.8) is 0 Å². The number of carbonyl (C=O) groups is 1. The Labute approximate surface area is 167 Å². The first-order valence-electron chi connectivity index (χ1n) is 11.2. The standard InChI is InChI=1S/C23H35F3O2/c1-14(27)18-6-7-19-17-5-4-15-12-16(23(24,25)26)8-11-22(15,13-28-3)20(17)9-10-21(18,19)2/h15-20H,4-13H2,1-3H3. The molecule has 8 unspecified atom stereocenters. The molecule has 0 aromatic carbocycles. The lowest BCUT2D eigenvalue weighted by Gasteiger charge is -2.62. The summed E-state index contributed by atoms with van der Waals surface area (Å²) >= 11 is 0. The van der Waals surface area contributed by atoms with Crippen LogP contribution in [-0.4, -0.2) is 25.7 Å². The first-order chi connectivity index (χ1) is 13.1. The van der Waals surface area contributed by atoms with Crippen LogP contribution in [0.5, 0.6) is 0 Å². The predicted octanol–water partition coefficient (Wildman–Crippen LogP) is 6.04. The average molecular weight is 401 g/mol. The van der Waals surface area contributed by atoms with Gasteiger partial charge in [-0.2, -0.15) is 13.2 Å². The fourth-order valence-corrected chi connectivity index (χ4v) is 8.56. The third-order valence-electron chi connectivity index (χ3n) is 9.73. The third kappa shape index (κ3) is 2.97.